The Kier molecular flexibility index (Phi) is 32.8. The van der Waals surface area contributed by atoms with E-state index in [1.807, 2.05) is 60.7 Å². The summed E-state index contributed by atoms with van der Waals surface area (Å²) in [5.41, 5.74) is 10.4. The largest absolute Gasteiger partial charge is 1.00 e. The number of aliphatic hydroxyl groups is 5. The molecule has 6 amide bonds. The predicted molar refractivity (Wildman–Crippen MR) is 386 cm³/mol. The number of carbonyl (C=O) groups excluding carboxylic acids is 7. The minimum Gasteiger partial charge on any atom is -0.480 e. The van der Waals surface area contributed by atoms with Crippen molar-refractivity contribution < 1.29 is 142 Å². The van der Waals surface area contributed by atoms with Gasteiger partial charge in [-0.1, -0.05) is 103 Å². The third-order valence-corrected chi connectivity index (χ3v) is 19.5. The SMILES string of the molecule is CC(=O)N[C@@H]1[C@@H](OC(=O)c2ccccc2)C[C@](OCCCSCC(N)NC(=O)c2ccc(C(=O)NC(CSCCCO[C@]3(C(=O)O)C[C@H](O)[C@@H](NC(C)=O)[C@H](C(O)[C@H](O)CNC(=O)c4ccc(-c5ccccc5)cc4)O3)C(=O)O)cc2)(C(=O)O)O[C@H]1C(O)[C@H](O)CNC(=O)c1ccc(-c2ccccc2)cc1.[Na+]. The third kappa shape index (κ3) is 24.2. The van der Waals surface area contributed by atoms with Crippen LogP contribution in [0.1, 0.15) is 91.3 Å². The molecule has 2 heterocycles. The molecule has 2 saturated heterocycles. The Morgan fingerprint density at radius 1 is 0.505 bits per heavy atom. The molecule has 30 nitrogen and oxygen atoms in total. The predicted octanol–water partition coefficient (Wildman–Crippen LogP) is -0.459. The Labute approximate surface area is 645 Å². The second-order valence-corrected chi connectivity index (χ2v) is 27.3. The number of nitrogens with one attached hydrogen (secondary N) is 6. The van der Waals surface area contributed by atoms with Crippen LogP contribution in [-0.4, -0.2) is 234 Å². The summed E-state index contributed by atoms with van der Waals surface area (Å²) < 4.78 is 29.3. The molecule has 0 aliphatic carbocycles. The molecule has 2 aliphatic heterocycles. The molecule has 33 heteroatoms. The minimum absolute atomic E-state index is 0. The number of esters is 1. The number of thioether (sulfide) groups is 2. The zero-order valence-corrected chi connectivity index (χ0v) is 62.2. The molecule has 0 spiro atoms. The van der Waals surface area contributed by atoms with Crippen molar-refractivity contribution in [3.05, 3.63) is 192 Å². The maximum absolute atomic E-state index is 13.5. The molecule has 0 saturated carbocycles. The van der Waals surface area contributed by atoms with E-state index >= 15 is 0 Å². The summed E-state index contributed by atoms with van der Waals surface area (Å²) in [6.07, 6.45) is -16.7. The summed E-state index contributed by atoms with van der Waals surface area (Å²) in [7, 11) is 0. The summed E-state index contributed by atoms with van der Waals surface area (Å²) >= 11 is 2.31. The molecule has 566 valence electrons. The van der Waals surface area contributed by atoms with Crippen LogP contribution in [0.5, 0.6) is 0 Å². The zero-order valence-electron chi connectivity index (χ0n) is 58.6. The van der Waals surface area contributed by atoms with Crippen LogP contribution in [0.3, 0.4) is 0 Å². The van der Waals surface area contributed by atoms with Gasteiger partial charge in [-0.15, -0.1) is 0 Å². The standard InChI is InChI=1S/C74H85N7O23S2.Na/c1-42(82)78-59-54(84)36-73(71(96)97,103-63(59)61(87)55(85)38-76-65(89)48-24-20-46(21-25-48)44-14-6-3-7-15-44)100-32-12-34-105-40-53(69(93)94)80-67(91)50-28-30-51(31-29-50)68(92)81-58(75)41-106-35-13-33-101-74(72(98)99)37-57(102-70(95)52-18-10-5-11-19-52)60(79-43(2)83)64(104-74)62(88)56(86)39-77-66(90)49-26-22-47(23-27-49)45-16-8-4-9-17-45;/h3-11,14-31,53-64,84-88H,12-13,32-41,75H2,1-2H3,(H,76,89)(H,77,90)(H,78,82)(H,79,83)(H,80,91)(H,81,92)(H,93,94)(H,96,97)(H,98,99);/q;+1/t53?,54-,55+,56+,57-,58?,59+,60+,61?,62?,63+,64+,73+,74+;/m0./s1. The van der Waals surface area contributed by atoms with Gasteiger partial charge in [0.25, 0.3) is 35.2 Å². The van der Waals surface area contributed by atoms with Crippen LogP contribution >= 0.6 is 23.5 Å². The van der Waals surface area contributed by atoms with Crippen molar-refractivity contribution in [1.29, 1.82) is 0 Å². The van der Waals surface area contributed by atoms with Gasteiger partial charge in [0, 0.05) is 67.1 Å². The Bertz CT molecular complexity index is 3980. The molecule has 4 unspecified atom stereocenters. The zero-order chi connectivity index (χ0) is 76.7. The summed E-state index contributed by atoms with van der Waals surface area (Å²) in [4.78, 5) is 130. The van der Waals surface area contributed by atoms with E-state index < -0.39 is 170 Å². The van der Waals surface area contributed by atoms with Gasteiger partial charge in [0.1, 0.15) is 36.6 Å². The Hall–Kier alpha value is -8.68. The molecule has 2 aliphatic rings. The maximum atomic E-state index is 13.5. The number of carboxylic acids is 3. The first kappa shape index (κ1) is 85.6. The van der Waals surface area contributed by atoms with Crippen molar-refractivity contribution in [3.63, 3.8) is 0 Å². The van der Waals surface area contributed by atoms with E-state index in [4.69, 9.17) is 29.4 Å². The first-order chi connectivity index (χ1) is 50.7. The van der Waals surface area contributed by atoms with Gasteiger partial charge in [-0.3, -0.25) is 28.8 Å². The topological polar surface area (TPSA) is 477 Å². The minimum atomic E-state index is -2.65. The molecule has 2 fully saturated rings. The molecule has 0 bridgehead atoms. The fourth-order valence-corrected chi connectivity index (χ4v) is 13.4. The van der Waals surface area contributed by atoms with Crippen LogP contribution in [0.4, 0.5) is 0 Å². The summed E-state index contributed by atoms with van der Waals surface area (Å²) in [6, 6.07) is 40.6. The van der Waals surface area contributed by atoms with Crippen LogP contribution in [-0.2, 0) is 47.7 Å². The van der Waals surface area contributed by atoms with E-state index in [-0.39, 0.29) is 106 Å². The Morgan fingerprint density at radius 2 is 0.888 bits per heavy atom. The number of hydrogen-bond donors (Lipinski definition) is 15. The number of ether oxygens (including phenoxy) is 5. The second kappa shape index (κ2) is 41.0. The monoisotopic (exact) mass is 1530 g/mol. The van der Waals surface area contributed by atoms with E-state index in [9.17, 15) is 88.8 Å². The molecule has 6 aromatic carbocycles. The maximum Gasteiger partial charge on any atom is 1.00 e. The number of benzene rings is 6. The van der Waals surface area contributed by atoms with E-state index in [0.717, 1.165) is 47.9 Å². The van der Waals surface area contributed by atoms with Gasteiger partial charge in [0.05, 0.1) is 61.8 Å². The summed E-state index contributed by atoms with van der Waals surface area (Å²) in [6.45, 7) is 0.430. The smallest absolute Gasteiger partial charge is 0.480 e. The first-order valence-electron chi connectivity index (χ1n) is 33.7. The van der Waals surface area contributed by atoms with Gasteiger partial charge >= 0.3 is 53.4 Å². The number of carboxylic acid groups (broad SMARTS) is 3. The number of carbonyl (C=O) groups is 10. The summed E-state index contributed by atoms with van der Waals surface area (Å²) in [5.74, 6) is -14.6. The summed E-state index contributed by atoms with van der Waals surface area (Å²) in [5, 5.41) is 103. The fourth-order valence-electron chi connectivity index (χ4n) is 11.6. The fraction of sp³-hybridized carbons (Fsp3) is 0.378. The molecule has 8 rings (SSSR count). The van der Waals surface area contributed by atoms with E-state index in [2.05, 4.69) is 31.9 Å². The number of aliphatic hydroxyl groups excluding tert-OH is 5. The molecule has 16 N–H and O–H groups in total. The van der Waals surface area contributed by atoms with Crippen LogP contribution in [0.15, 0.2) is 164 Å². The van der Waals surface area contributed by atoms with Crippen LogP contribution in [0, 0.1) is 0 Å². The van der Waals surface area contributed by atoms with Crippen LogP contribution in [0.2, 0.25) is 0 Å². The number of aliphatic carboxylic acids is 3. The average molecular weight is 1530 g/mol. The third-order valence-electron chi connectivity index (χ3n) is 17.1. The van der Waals surface area contributed by atoms with E-state index in [1.54, 1.807) is 66.7 Å². The molecule has 0 radical (unpaired) electrons. The Morgan fingerprint density at radius 3 is 1.33 bits per heavy atom. The molecule has 6 aromatic rings. The quantitative estimate of drug-likeness (QED) is 0.0102. The van der Waals surface area contributed by atoms with Crippen LogP contribution < -0.4 is 67.2 Å². The van der Waals surface area contributed by atoms with Gasteiger partial charge < -0.3 is 102 Å². The van der Waals surface area contributed by atoms with Crippen molar-refractivity contribution >= 4 is 82.8 Å². The molecule has 0 aromatic heterocycles. The molecule has 14 atom stereocenters. The number of nitrogens with two attached hydrogens (primary N) is 1. The normalized spacial score (nSPS) is 21.3. The Balaban J connectivity index is 0.0000160. The first-order valence-corrected chi connectivity index (χ1v) is 36.0. The number of hydrogen-bond acceptors (Lipinski definition) is 23. The second-order valence-electron chi connectivity index (χ2n) is 25.0. The van der Waals surface area contributed by atoms with Crippen molar-refractivity contribution in [2.75, 3.05) is 49.3 Å². The van der Waals surface area contributed by atoms with Gasteiger partial charge in [0.2, 0.25) is 11.8 Å². The molecule has 107 heavy (non-hydrogen) atoms. The van der Waals surface area contributed by atoms with E-state index in [0.29, 0.717) is 0 Å². The van der Waals surface area contributed by atoms with Crippen molar-refractivity contribution in [1.82, 2.24) is 31.9 Å². The van der Waals surface area contributed by atoms with Crippen molar-refractivity contribution in [3.8, 4) is 22.3 Å². The number of amides is 6. The average Bonchev–Trinajstić information content (AvgIpc) is 0.757. The molecular formula is C74H85N7NaO23S2+. The van der Waals surface area contributed by atoms with E-state index in [1.165, 1.54) is 48.2 Å². The van der Waals surface area contributed by atoms with Crippen molar-refractivity contribution in [2.45, 2.75) is 124 Å². The van der Waals surface area contributed by atoms with Gasteiger partial charge in [0.15, 0.2) is 0 Å². The van der Waals surface area contributed by atoms with Gasteiger partial charge in [-0.25, -0.2) is 19.2 Å². The van der Waals surface area contributed by atoms with Gasteiger partial charge in [-0.05, 0) is 107 Å². The van der Waals surface area contributed by atoms with Crippen molar-refractivity contribution in [2.24, 2.45) is 5.73 Å². The number of rotatable bonds is 37. The molecular weight excluding hydrogens is 1440 g/mol. The van der Waals surface area contributed by atoms with Crippen LogP contribution in [0.25, 0.3) is 22.3 Å². The van der Waals surface area contributed by atoms with Gasteiger partial charge in [-0.2, -0.15) is 23.5 Å².